The molecule has 0 spiro atoms. The summed E-state index contributed by atoms with van der Waals surface area (Å²) in [6, 6.07) is 0. The van der Waals surface area contributed by atoms with E-state index in [1.807, 2.05) is 0 Å². The molecule has 0 saturated heterocycles. The molecule has 38 valence electrons. The third kappa shape index (κ3) is 10.7. The maximum Gasteiger partial charge on any atom is 1.00 e. The van der Waals surface area contributed by atoms with Gasteiger partial charge in [-0.05, 0) is 6.42 Å². The monoisotopic (exact) mass is 94.1 g/mol. The Morgan fingerprint density at radius 1 is 1.71 bits per heavy atom. The molecular formula is C5H11LiO. The van der Waals surface area contributed by atoms with Gasteiger partial charge in [-0.2, -0.15) is 0 Å². The molecule has 0 amide bonds. The fraction of sp³-hybridized carbons (Fsp3) is 0.800. The van der Waals surface area contributed by atoms with Crippen LogP contribution in [0.25, 0.3) is 0 Å². The van der Waals surface area contributed by atoms with E-state index in [4.69, 9.17) is 0 Å². The molecule has 2 heteroatoms. The quantitative estimate of drug-likeness (QED) is 0.236. The molecule has 0 aromatic rings. The van der Waals surface area contributed by atoms with Gasteiger partial charge >= 0.3 is 18.9 Å². The Kier molecular flexibility index (Phi) is 14.0. The van der Waals surface area contributed by atoms with Gasteiger partial charge in [-0.1, -0.05) is 13.3 Å². The third-order valence-electron chi connectivity index (χ3n) is 0.676. The number of unbranched alkanes of at least 4 members (excludes halogenated alkanes) is 2. The van der Waals surface area contributed by atoms with Gasteiger partial charge in [0.05, 0.1) is 0 Å². The topological polar surface area (TPSA) is 17.1 Å². The number of hydrogen-bond acceptors (Lipinski definition) is 1. The van der Waals surface area contributed by atoms with Crippen molar-refractivity contribution in [1.82, 2.24) is 0 Å². The summed E-state index contributed by atoms with van der Waals surface area (Å²) in [5.74, 6) is 0. The van der Waals surface area contributed by atoms with Gasteiger partial charge in [0.25, 0.3) is 0 Å². The van der Waals surface area contributed by atoms with Crippen LogP contribution in [-0.2, 0) is 4.79 Å². The molecule has 0 N–H and O–H groups in total. The van der Waals surface area contributed by atoms with Gasteiger partial charge < -0.3 is 6.22 Å². The van der Waals surface area contributed by atoms with Crippen LogP contribution in [0.5, 0.6) is 0 Å². The van der Waals surface area contributed by atoms with Gasteiger partial charge in [-0.25, -0.2) is 0 Å². The van der Waals surface area contributed by atoms with Crippen LogP contribution in [0.3, 0.4) is 0 Å². The number of hydrogen-bond donors (Lipinski definition) is 0. The molecule has 0 radical (unpaired) electrons. The van der Waals surface area contributed by atoms with E-state index >= 15 is 0 Å². The van der Waals surface area contributed by atoms with Crippen molar-refractivity contribution >= 4 is 6.29 Å². The smallest absolute Gasteiger partial charge is 1.00 e. The van der Waals surface area contributed by atoms with Crippen LogP contribution >= 0.6 is 0 Å². The molecule has 1 nitrogen and oxygen atoms in total. The molecule has 0 heterocycles. The fourth-order valence-electron chi connectivity index (χ4n) is 0.287. The molecule has 7 heavy (non-hydrogen) atoms. The maximum absolute atomic E-state index is 9.56. The number of rotatable bonds is 3. The first-order chi connectivity index (χ1) is 2.91. The molecule has 0 aliphatic rings. The standard InChI is InChI=1S/C5H10O.Li.H/c1-2-3-4-5-6;;/h5H,2-4H2,1H3;;/q;+1;-1. The van der Waals surface area contributed by atoms with Crippen molar-refractivity contribution in [2.24, 2.45) is 0 Å². The second-order valence-electron chi connectivity index (χ2n) is 1.31. The van der Waals surface area contributed by atoms with Crippen LogP contribution in [0.15, 0.2) is 0 Å². The molecule has 0 rings (SSSR count). The van der Waals surface area contributed by atoms with E-state index in [9.17, 15) is 4.79 Å². The zero-order valence-electron chi connectivity index (χ0n) is 6.11. The van der Waals surface area contributed by atoms with Crippen LogP contribution in [0.2, 0.25) is 0 Å². The van der Waals surface area contributed by atoms with Gasteiger partial charge in [0.2, 0.25) is 0 Å². The normalized spacial score (nSPS) is 7.00. The van der Waals surface area contributed by atoms with E-state index in [0.717, 1.165) is 25.5 Å². The van der Waals surface area contributed by atoms with Crippen molar-refractivity contribution in [3.8, 4) is 0 Å². The summed E-state index contributed by atoms with van der Waals surface area (Å²) in [6.45, 7) is 2.07. The summed E-state index contributed by atoms with van der Waals surface area (Å²) in [4.78, 5) is 9.56. The summed E-state index contributed by atoms with van der Waals surface area (Å²) >= 11 is 0. The third-order valence-corrected chi connectivity index (χ3v) is 0.676. The molecule has 0 atom stereocenters. The Labute approximate surface area is 58.1 Å². The van der Waals surface area contributed by atoms with E-state index in [2.05, 4.69) is 6.92 Å². The largest absolute Gasteiger partial charge is 1.00 e. The average Bonchev–Trinajstić information content (AvgIpc) is 1.61. The van der Waals surface area contributed by atoms with Crippen molar-refractivity contribution in [3.05, 3.63) is 0 Å². The van der Waals surface area contributed by atoms with E-state index in [0.29, 0.717) is 0 Å². The maximum atomic E-state index is 9.56. The summed E-state index contributed by atoms with van der Waals surface area (Å²) < 4.78 is 0. The number of carbonyl (C=O) groups excluding carboxylic acids is 1. The minimum atomic E-state index is 0. The minimum absolute atomic E-state index is 0. The SMILES string of the molecule is CCCCC=O.[H-].[Li+]. The molecular weight excluding hydrogens is 83.0 g/mol. The van der Waals surface area contributed by atoms with Crippen molar-refractivity contribution in [3.63, 3.8) is 0 Å². The van der Waals surface area contributed by atoms with Crippen LogP contribution in [0.1, 0.15) is 27.6 Å². The van der Waals surface area contributed by atoms with Crippen molar-refractivity contribution in [2.45, 2.75) is 26.2 Å². The Balaban J connectivity index is -0.000000125. The molecule has 0 aliphatic carbocycles. The summed E-state index contributed by atoms with van der Waals surface area (Å²) in [7, 11) is 0. The van der Waals surface area contributed by atoms with Gasteiger partial charge in [-0.15, -0.1) is 0 Å². The van der Waals surface area contributed by atoms with E-state index in [-0.39, 0.29) is 20.3 Å². The predicted molar refractivity (Wildman–Crippen MR) is 26.7 cm³/mol. The molecule has 0 saturated carbocycles. The molecule has 0 bridgehead atoms. The average molecular weight is 94.1 g/mol. The minimum Gasteiger partial charge on any atom is -1.00 e. The van der Waals surface area contributed by atoms with Gasteiger partial charge in [0.1, 0.15) is 6.29 Å². The first-order valence-electron chi connectivity index (χ1n) is 2.35. The zero-order valence-corrected chi connectivity index (χ0v) is 5.11. The molecule has 0 fully saturated rings. The van der Waals surface area contributed by atoms with Crippen LogP contribution in [0.4, 0.5) is 0 Å². The van der Waals surface area contributed by atoms with E-state index in [1.165, 1.54) is 0 Å². The number of aldehydes is 1. The van der Waals surface area contributed by atoms with Crippen molar-refractivity contribution < 1.29 is 25.1 Å². The van der Waals surface area contributed by atoms with Gasteiger partial charge in [-0.3, -0.25) is 0 Å². The molecule has 0 aromatic heterocycles. The Morgan fingerprint density at radius 3 is 2.43 bits per heavy atom. The molecule has 0 unspecified atom stereocenters. The summed E-state index contributed by atoms with van der Waals surface area (Å²) in [5, 5.41) is 0. The molecule has 0 aliphatic heterocycles. The molecule has 0 aromatic carbocycles. The summed E-state index contributed by atoms with van der Waals surface area (Å²) in [6.07, 6.45) is 3.86. The number of carbonyl (C=O) groups is 1. The predicted octanol–water partition coefficient (Wildman–Crippen LogP) is -1.51. The van der Waals surface area contributed by atoms with E-state index in [1.54, 1.807) is 0 Å². The fourth-order valence-corrected chi connectivity index (χ4v) is 0.287. The Hall–Kier alpha value is 0.267. The zero-order chi connectivity index (χ0) is 4.83. The van der Waals surface area contributed by atoms with Crippen LogP contribution in [0, 0.1) is 0 Å². The van der Waals surface area contributed by atoms with Gasteiger partial charge in [0.15, 0.2) is 0 Å². The Morgan fingerprint density at radius 2 is 2.29 bits per heavy atom. The second-order valence-corrected chi connectivity index (χ2v) is 1.31. The van der Waals surface area contributed by atoms with Crippen LogP contribution < -0.4 is 18.9 Å². The second kappa shape index (κ2) is 9.55. The van der Waals surface area contributed by atoms with Crippen LogP contribution in [-0.4, -0.2) is 6.29 Å². The Bertz CT molecular complexity index is 41.4. The van der Waals surface area contributed by atoms with Crippen molar-refractivity contribution in [2.75, 3.05) is 0 Å². The van der Waals surface area contributed by atoms with E-state index < -0.39 is 0 Å². The first-order valence-corrected chi connectivity index (χ1v) is 2.35. The van der Waals surface area contributed by atoms with Gasteiger partial charge in [0, 0.05) is 6.42 Å². The summed E-state index contributed by atoms with van der Waals surface area (Å²) in [5.41, 5.74) is 0. The first kappa shape index (κ1) is 10.3. The van der Waals surface area contributed by atoms with Crippen molar-refractivity contribution in [1.29, 1.82) is 0 Å².